The van der Waals surface area contributed by atoms with Crippen molar-refractivity contribution >= 4 is 37.1 Å². The maximum atomic E-state index is 7.56. The van der Waals surface area contributed by atoms with Crippen LogP contribution >= 0.6 is 13.4 Å². The van der Waals surface area contributed by atoms with Gasteiger partial charge in [0.25, 0.3) is 0 Å². The van der Waals surface area contributed by atoms with Gasteiger partial charge in [-0.05, 0) is 23.6 Å². The average Bonchev–Trinajstić information content (AvgIpc) is 2.03. The van der Waals surface area contributed by atoms with Crippen molar-refractivity contribution in [1.82, 2.24) is 0 Å². The Labute approximate surface area is 121 Å². The molecule has 0 heterocycles. The van der Waals surface area contributed by atoms with E-state index in [0.717, 1.165) is 0 Å². The monoisotopic (exact) mass is 346 g/mol. The Morgan fingerprint density at radius 3 is 0.611 bits per heavy atom. The second-order valence-electron chi connectivity index (χ2n) is 2.44. The fourth-order valence-electron chi connectivity index (χ4n) is 0. The predicted molar refractivity (Wildman–Crippen MR) is 85.2 cm³/mol. The molecule has 6 N–H and O–H groups in total. The Kier molecular flexibility index (Phi) is 40.5. The third kappa shape index (κ3) is 3920. The molecule has 0 rings (SSSR count). The molecule has 0 aromatic rings. The van der Waals surface area contributed by atoms with E-state index in [0.29, 0.717) is 0 Å². The van der Waals surface area contributed by atoms with Crippen LogP contribution in [0.1, 0.15) is 54.4 Å². The Morgan fingerprint density at radius 1 is 0.611 bits per heavy atom. The van der Waals surface area contributed by atoms with Crippen LogP contribution in [0, 0.1) is 0 Å². The van der Waals surface area contributed by atoms with Crippen molar-refractivity contribution in [1.29, 1.82) is 0 Å². The van der Waals surface area contributed by atoms with Crippen LogP contribution in [0.4, 0.5) is 0 Å². The fourth-order valence-corrected chi connectivity index (χ4v) is 0. The van der Waals surface area contributed by atoms with Crippen LogP contribution in [-0.2, 0) is 23.6 Å². The predicted octanol–water partition coefficient (Wildman–Crippen LogP) is 2.23. The van der Waals surface area contributed by atoms with E-state index in [1.54, 1.807) is 0 Å². The van der Waals surface area contributed by atoms with Crippen molar-refractivity contribution < 1.29 is 29.4 Å². The molecule has 0 bridgehead atoms. The highest BCUT2D eigenvalue weighted by atomic mass is 32.5. The first-order valence-electron chi connectivity index (χ1n) is 5.39. The molecule has 18 heavy (non-hydrogen) atoms. The molecule has 0 aromatic carbocycles. The molecule has 10 heteroatoms. The minimum Gasteiger partial charge on any atom is -0.325 e. The van der Waals surface area contributed by atoms with Gasteiger partial charge in [0.15, 0.2) is 0 Å². The highest BCUT2D eigenvalue weighted by molar-refractivity contribution is 8.06. The van der Waals surface area contributed by atoms with Gasteiger partial charge in [0.2, 0.25) is 0 Å². The van der Waals surface area contributed by atoms with Gasteiger partial charge in [0.05, 0.1) is 0 Å². The zero-order chi connectivity index (χ0) is 16.4. The molecule has 0 fully saturated rings. The highest BCUT2D eigenvalue weighted by Gasteiger charge is 1.92. The van der Waals surface area contributed by atoms with Crippen LogP contribution in [0.3, 0.4) is 0 Å². The van der Waals surface area contributed by atoms with Crippen molar-refractivity contribution in [2.75, 3.05) is 0 Å². The van der Waals surface area contributed by atoms with E-state index >= 15 is 0 Å². The van der Waals surface area contributed by atoms with Gasteiger partial charge in [-0.2, -0.15) is 0 Å². The zero-order valence-corrected chi connectivity index (χ0v) is 15.2. The zero-order valence-electron chi connectivity index (χ0n) is 11.8. The van der Waals surface area contributed by atoms with Gasteiger partial charge < -0.3 is 29.4 Å². The third-order valence-corrected chi connectivity index (χ3v) is 0. The van der Waals surface area contributed by atoms with Crippen molar-refractivity contribution in [3.63, 3.8) is 0 Å². The van der Waals surface area contributed by atoms with Gasteiger partial charge in [-0.3, -0.25) is 0 Å². The lowest BCUT2D eigenvalue weighted by molar-refractivity contribution is 0.361. The summed E-state index contributed by atoms with van der Waals surface area (Å²) < 4.78 is 0. The van der Waals surface area contributed by atoms with Gasteiger partial charge >= 0.3 is 13.4 Å². The molecule has 0 aliphatic rings. The van der Waals surface area contributed by atoms with Crippen molar-refractivity contribution in [3.05, 3.63) is 0 Å². The summed E-state index contributed by atoms with van der Waals surface area (Å²) in [7, 11) is 0. The minimum atomic E-state index is -3.81. The molecule has 0 radical (unpaired) electrons. The van der Waals surface area contributed by atoms with Crippen molar-refractivity contribution in [2.24, 2.45) is 0 Å². The number of rotatable bonds is 0. The molecule has 0 aromatic heterocycles. The molecule has 118 valence electrons. The van der Waals surface area contributed by atoms with Crippen LogP contribution in [0.5, 0.6) is 0 Å². The van der Waals surface area contributed by atoms with E-state index in [9.17, 15) is 0 Å². The SMILES string of the molecule is CC.CCC.CCC.OP(O)(O)=S.OP(O)(O)=S. The van der Waals surface area contributed by atoms with E-state index in [-0.39, 0.29) is 0 Å². The number of hydrogen-bond acceptors (Lipinski definition) is 2. The quantitative estimate of drug-likeness (QED) is 0.369. The number of hydrogen-bond donors (Lipinski definition) is 6. The fraction of sp³-hybridized carbons (Fsp3) is 1.00. The molecule has 0 spiro atoms. The van der Waals surface area contributed by atoms with Gasteiger partial charge in [-0.25, -0.2) is 0 Å². The van der Waals surface area contributed by atoms with E-state index in [1.807, 2.05) is 13.8 Å². The second kappa shape index (κ2) is 23.2. The molecule has 6 nitrogen and oxygen atoms in total. The Balaban J connectivity index is -0.0000000409. The Bertz CT molecular complexity index is 165. The van der Waals surface area contributed by atoms with Gasteiger partial charge in [0, 0.05) is 0 Å². The molecule has 0 atom stereocenters. The van der Waals surface area contributed by atoms with E-state index < -0.39 is 13.4 Å². The van der Waals surface area contributed by atoms with Gasteiger partial charge in [0.1, 0.15) is 0 Å². The first-order chi connectivity index (χ1) is 7.83. The molecular formula is C8H28O6P2S2. The third-order valence-electron chi connectivity index (χ3n) is 0. The first kappa shape index (κ1) is 31.4. The lowest BCUT2D eigenvalue weighted by atomic mass is 10.6. The molecular weight excluding hydrogens is 318 g/mol. The van der Waals surface area contributed by atoms with Crippen LogP contribution in [-0.4, -0.2) is 29.4 Å². The first-order valence-corrected chi connectivity index (χ1v) is 10.7. The molecule has 0 amide bonds. The summed E-state index contributed by atoms with van der Waals surface area (Å²) >= 11 is 7.21. The summed E-state index contributed by atoms with van der Waals surface area (Å²) in [5.74, 6) is 0. The smallest absolute Gasteiger partial charge is 0.319 e. The second-order valence-corrected chi connectivity index (χ2v) is 7.43. The van der Waals surface area contributed by atoms with Crippen LogP contribution in [0.15, 0.2) is 0 Å². The highest BCUT2D eigenvalue weighted by Crippen LogP contribution is 2.26. The standard InChI is InChI=1S/2C3H8.C2H6.2H3O3PS/c2*1-3-2;1-2;2*1-4(2,3)5/h2*3H2,1-2H3;1-2H3;2*(H3,1,2,3,5). The normalized spacial score (nSPS) is 8.89. The molecule has 0 aliphatic heterocycles. The lowest BCUT2D eigenvalue weighted by Crippen LogP contribution is -1.65. The molecule has 0 unspecified atom stereocenters. The molecule has 0 saturated heterocycles. The average molecular weight is 346 g/mol. The Morgan fingerprint density at radius 2 is 0.611 bits per heavy atom. The minimum absolute atomic E-state index is 1.25. The summed E-state index contributed by atoms with van der Waals surface area (Å²) in [6, 6.07) is 0. The Hall–Kier alpha value is 1.06. The molecule has 0 saturated carbocycles. The van der Waals surface area contributed by atoms with Crippen LogP contribution in [0.2, 0.25) is 0 Å². The topological polar surface area (TPSA) is 121 Å². The summed E-state index contributed by atoms with van der Waals surface area (Å²) in [6.07, 6.45) is 2.50. The molecule has 0 aliphatic carbocycles. The largest absolute Gasteiger partial charge is 0.325 e. The van der Waals surface area contributed by atoms with Gasteiger partial charge in [-0.1, -0.05) is 54.4 Å². The van der Waals surface area contributed by atoms with Crippen LogP contribution < -0.4 is 0 Å². The summed E-state index contributed by atoms with van der Waals surface area (Å²) in [4.78, 5) is 45.3. The van der Waals surface area contributed by atoms with Crippen molar-refractivity contribution in [2.45, 2.75) is 54.4 Å². The maximum Gasteiger partial charge on any atom is 0.319 e. The van der Waals surface area contributed by atoms with E-state index in [4.69, 9.17) is 29.4 Å². The lowest BCUT2D eigenvalue weighted by Gasteiger charge is -1.88. The van der Waals surface area contributed by atoms with E-state index in [2.05, 4.69) is 51.3 Å². The van der Waals surface area contributed by atoms with E-state index in [1.165, 1.54) is 12.8 Å². The maximum absolute atomic E-state index is 7.56. The van der Waals surface area contributed by atoms with Gasteiger partial charge in [-0.15, -0.1) is 0 Å². The summed E-state index contributed by atoms with van der Waals surface area (Å²) in [5.41, 5.74) is 0. The van der Waals surface area contributed by atoms with Crippen LogP contribution in [0.25, 0.3) is 0 Å². The summed E-state index contributed by atoms with van der Waals surface area (Å²) in [6.45, 7) is 4.89. The van der Waals surface area contributed by atoms with Crippen molar-refractivity contribution in [3.8, 4) is 0 Å². The summed E-state index contributed by atoms with van der Waals surface area (Å²) in [5, 5.41) is 0.